The molecule has 0 fully saturated rings. The molecule has 0 spiro atoms. The number of halogens is 1. The van der Waals surface area contributed by atoms with Crippen molar-refractivity contribution in [2.45, 2.75) is 52.6 Å². The number of sulfonamides is 1. The van der Waals surface area contributed by atoms with Crippen molar-refractivity contribution in [1.29, 1.82) is 0 Å². The Kier molecular flexibility index (Phi) is 9.94. The van der Waals surface area contributed by atoms with Gasteiger partial charge in [0.1, 0.15) is 6.04 Å². The molecule has 2 amide bonds. The zero-order chi connectivity index (χ0) is 25.5. The molecule has 0 unspecified atom stereocenters. The predicted molar refractivity (Wildman–Crippen MR) is 137 cm³/mol. The lowest BCUT2D eigenvalue weighted by molar-refractivity contribution is -0.141. The Labute approximate surface area is 208 Å². The molecule has 0 radical (unpaired) electrons. The number of rotatable bonds is 11. The average Bonchev–Trinajstić information content (AvgIpc) is 2.75. The molecule has 0 aliphatic rings. The standard InChI is InChI=1S/C25H34ClN3O4S/c1-6-23(25(31)27-4)28(17-20-10-7-8-11-22(20)26)24(30)12-9-13-29(34(5,32)33)21-15-18(2)14-19(3)16-21/h7-8,10-11,14-16,23H,6,9,12-13,17H2,1-5H3,(H,27,31)/t23-/m1/s1. The van der Waals surface area contributed by atoms with Gasteiger partial charge >= 0.3 is 0 Å². The topological polar surface area (TPSA) is 86.8 Å². The normalized spacial score (nSPS) is 12.2. The van der Waals surface area contributed by atoms with Crippen LogP contribution in [-0.4, -0.2) is 51.0 Å². The third kappa shape index (κ3) is 7.46. The van der Waals surface area contributed by atoms with E-state index in [0.29, 0.717) is 23.6 Å². The molecule has 2 aromatic rings. The highest BCUT2D eigenvalue weighted by molar-refractivity contribution is 7.92. The van der Waals surface area contributed by atoms with Crippen molar-refractivity contribution in [3.8, 4) is 0 Å². The van der Waals surface area contributed by atoms with Crippen molar-refractivity contribution in [2.75, 3.05) is 24.2 Å². The van der Waals surface area contributed by atoms with E-state index in [2.05, 4.69) is 5.32 Å². The minimum Gasteiger partial charge on any atom is -0.357 e. The molecular weight excluding hydrogens is 474 g/mol. The number of hydrogen-bond donors (Lipinski definition) is 1. The van der Waals surface area contributed by atoms with E-state index in [1.54, 1.807) is 12.1 Å². The van der Waals surface area contributed by atoms with Crippen molar-refractivity contribution in [2.24, 2.45) is 0 Å². The van der Waals surface area contributed by atoms with Gasteiger partial charge in [-0.3, -0.25) is 13.9 Å². The monoisotopic (exact) mass is 507 g/mol. The molecule has 0 bridgehead atoms. The summed E-state index contributed by atoms with van der Waals surface area (Å²) in [5.74, 6) is -0.486. The van der Waals surface area contributed by atoms with Gasteiger partial charge in [0.05, 0.1) is 11.9 Å². The smallest absolute Gasteiger partial charge is 0.242 e. The summed E-state index contributed by atoms with van der Waals surface area (Å²) in [6.07, 6.45) is 2.00. The number of likely N-dealkylation sites (N-methyl/N-ethyl adjacent to an activating group) is 1. The number of nitrogens with zero attached hydrogens (tertiary/aromatic N) is 2. The Hall–Kier alpha value is -2.58. The van der Waals surface area contributed by atoms with E-state index in [1.165, 1.54) is 16.3 Å². The fourth-order valence-corrected chi connectivity index (χ4v) is 5.14. The molecule has 0 aliphatic heterocycles. The SMILES string of the molecule is CC[C@H](C(=O)NC)N(Cc1ccccc1Cl)C(=O)CCCN(c1cc(C)cc(C)c1)S(C)(=O)=O. The highest BCUT2D eigenvalue weighted by Gasteiger charge is 2.28. The van der Waals surface area contributed by atoms with Crippen LogP contribution in [0.1, 0.15) is 42.9 Å². The molecule has 7 nitrogen and oxygen atoms in total. The van der Waals surface area contributed by atoms with Crippen LogP contribution in [0.15, 0.2) is 42.5 Å². The van der Waals surface area contributed by atoms with Crippen LogP contribution in [0.5, 0.6) is 0 Å². The molecule has 2 rings (SSSR count). The minimum atomic E-state index is -3.54. The summed E-state index contributed by atoms with van der Waals surface area (Å²) in [6, 6.07) is 12.2. The fourth-order valence-electron chi connectivity index (χ4n) is 3.99. The van der Waals surface area contributed by atoms with Crippen LogP contribution in [0, 0.1) is 13.8 Å². The Bertz CT molecular complexity index is 1100. The fraction of sp³-hybridized carbons (Fsp3) is 0.440. The predicted octanol–water partition coefficient (Wildman–Crippen LogP) is 4.06. The van der Waals surface area contributed by atoms with Gasteiger partial charge in [-0.1, -0.05) is 42.8 Å². The van der Waals surface area contributed by atoms with E-state index in [0.717, 1.165) is 22.9 Å². The van der Waals surface area contributed by atoms with Crippen molar-refractivity contribution in [1.82, 2.24) is 10.2 Å². The number of hydrogen-bond acceptors (Lipinski definition) is 4. The first-order valence-corrected chi connectivity index (χ1v) is 13.5. The van der Waals surface area contributed by atoms with Crippen LogP contribution in [0.3, 0.4) is 0 Å². The lowest BCUT2D eigenvalue weighted by atomic mass is 10.1. The highest BCUT2D eigenvalue weighted by atomic mass is 35.5. The summed E-state index contributed by atoms with van der Waals surface area (Å²) in [4.78, 5) is 27.3. The summed E-state index contributed by atoms with van der Waals surface area (Å²) in [5, 5.41) is 3.14. The first-order chi connectivity index (χ1) is 16.0. The number of amides is 2. The van der Waals surface area contributed by atoms with Crippen LogP contribution in [0.2, 0.25) is 5.02 Å². The maximum Gasteiger partial charge on any atom is 0.242 e. The van der Waals surface area contributed by atoms with Gasteiger partial charge in [-0.25, -0.2) is 8.42 Å². The van der Waals surface area contributed by atoms with E-state index < -0.39 is 16.1 Å². The van der Waals surface area contributed by atoms with E-state index in [1.807, 2.05) is 51.1 Å². The van der Waals surface area contributed by atoms with Crippen LogP contribution in [0.4, 0.5) is 5.69 Å². The van der Waals surface area contributed by atoms with Crippen molar-refractivity contribution in [3.05, 3.63) is 64.2 Å². The molecule has 0 aromatic heterocycles. The summed E-state index contributed by atoms with van der Waals surface area (Å²) in [7, 11) is -2.00. The highest BCUT2D eigenvalue weighted by Crippen LogP contribution is 2.23. The quantitative estimate of drug-likeness (QED) is 0.497. The molecule has 1 atom stereocenters. The Balaban J connectivity index is 2.23. The van der Waals surface area contributed by atoms with Crippen LogP contribution >= 0.6 is 11.6 Å². The summed E-state index contributed by atoms with van der Waals surface area (Å²) in [6.45, 7) is 6.02. The second-order valence-electron chi connectivity index (χ2n) is 8.44. The molecule has 186 valence electrons. The zero-order valence-electron chi connectivity index (χ0n) is 20.5. The van der Waals surface area contributed by atoms with Crippen molar-refractivity contribution < 1.29 is 18.0 Å². The maximum absolute atomic E-state index is 13.3. The van der Waals surface area contributed by atoms with E-state index in [-0.39, 0.29) is 31.3 Å². The van der Waals surface area contributed by atoms with E-state index in [9.17, 15) is 18.0 Å². The molecule has 0 aliphatic carbocycles. The van der Waals surface area contributed by atoms with Gasteiger partial charge in [-0.2, -0.15) is 0 Å². The Morgan fingerprint density at radius 1 is 1.09 bits per heavy atom. The first kappa shape index (κ1) is 27.7. The number of carbonyl (C=O) groups is 2. The van der Waals surface area contributed by atoms with Gasteiger partial charge in [0.25, 0.3) is 0 Å². The first-order valence-electron chi connectivity index (χ1n) is 11.3. The van der Waals surface area contributed by atoms with Gasteiger partial charge in [-0.15, -0.1) is 0 Å². The zero-order valence-corrected chi connectivity index (χ0v) is 22.0. The summed E-state index contributed by atoms with van der Waals surface area (Å²) < 4.78 is 26.3. The molecule has 34 heavy (non-hydrogen) atoms. The molecule has 9 heteroatoms. The Morgan fingerprint density at radius 2 is 1.71 bits per heavy atom. The van der Waals surface area contributed by atoms with Crippen LogP contribution in [-0.2, 0) is 26.2 Å². The Morgan fingerprint density at radius 3 is 2.24 bits per heavy atom. The number of nitrogens with one attached hydrogen (secondary N) is 1. The average molecular weight is 508 g/mol. The second-order valence-corrected chi connectivity index (χ2v) is 10.7. The van der Waals surface area contributed by atoms with Gasteiger partial charge in [-0.05, 0) is 61.6 Å². The van der Waals surface area contributed by atoms with Crippen LogP contribution < -0.4 is 9.62 Å². The third-order valence-electron chi connectivity index (χ3n) is 5.58. The summed E-state index contributed by atoms with van der Waals surface area (Å²) in [5.41, 5.74) is 3.24. The maximum atomic E-state index is 13.3. The van der Waals surface area contributed by atoms with Gasteiger partial charge in [0.15, 0.2) is 0 Å². The van der Waals surface area contributed by atoms with Crippen molar-refractivity contribution >= 4 is 39.1 Å². The number of benzene rings is 2. The number of aryl methyl sites for hydroxylation is 2. The molecular formula is C25H34ClN3O4S. The summed E-state index contributed by atoms with van der Waals surface area (Å²) >= 11 is 6.31. The molecule has 0 saturated heterocycles. The lowest BCUT2D eigenvalue weighted by Crippen LogP contribution is -2.48. The van der Waals surface area contributed by atoms with Crippen molar-refractivity contribution in [3.63, 3.8) is 0 Å². The van der Waals surface area contributed by atoms with Gasteiger partial charge in [0, 0.05) is 31.6 Å². The largest absolute Gasteiger partial charge is 0.357 e. The molecule has 1 N–H and O–H groups in total. The van der Waals surface area contributed by atoms with E-state index in [4.69, 9.17) is 11.6 Å². The number of carbonyl (C=O) groups excluding carboxylic acids is 2. The van der Waals surface area contributed by atoms with Gasteiger partial charge < -0.3 is 10.2 Å². The molecule has 0 saturated carbocycles. The third-order valence-corrected chi connectivity index (χ3v) is 7.14. The van der Waals surface area contributed by atoms with E-state index >= 15 is 0 Å². The number of anilines is 1. The molecule has 2 aromatic carbocycles. The van der Waals surface area contributed by atoms with Crippen LogP contribution in [0.25, 0.3) is 0 Å². The minimum absolute atomic E-state index is 0.0920. The lowest BCUT2D eigenvalue weighted by Gasteiger charge is -2.31. The second kappa shape index (κ2) is 12.2. The van der Waals surface area contributed by atoms with Gasteiger partial charge in [0.2, 0.25) is 21.8 Å². The molecule has 0 heterocycles.